The Balaban J connectivity index is 1.46. The Labute approximate surface area is 145 Å². The summed E-state index contributed by atoms with van der Waals surface area (Å²) in [6.07, 6.45) is 0.642. The summed E-state index contributed by atoms with van der Waals surface area (Å²) in [4.78, 5) is 25.7. The molecule has 0 aromatic heterocycles. The lowest BCUT2D eigenvalue weighted by atomic mass is 10.1. The van der Waals surface area contributed by atoms with Gasteiger partial charge in [-0.1, -0.05) is 18.2 Å². The van der Waals surface area contributed by atoms with Gasteiger partial charge in [0.2, 0.25) is 0 Å². The average Bonchev–Trinajstić information content (AvgIpc) is 3.20. The highest BCUT2D eigenvalue weighted by molar-refractivity contribution is 6.05. The van der Waals surface area contributed by atoms with Gasteiger partial charge in [0.25, 0.3) is 5.91 Å². The van der Waals surface area contributed by atoms with E-state index in [1.54, 1.807) is 24.3 Å². The van der Waals surface area contributed by atoms with Crippen molar-refractivity contribution in [3.8, 4) is 0 Å². The Morgan fingerprint density at radius 3 is 2.60 bits per heavy atom. The van der Waals surface area contributed by atoms with Crippen molar-refractivity contribution < 1.29 is 14.3 Å². The Hall–Kier alpha value is -2.86. The van der Waals surface area contributed by atoms with E-state index in [0.29, 0.717) is 30.3 Å². The van der Waals surface area contributed by atoms with Crippen LogP contribution in [0.15, 0.2) is 48.5 Å². The SMILES string of the molecule is N[C@H]1C[C@@H]1c1ccc(NC(=O)c2cccc(N3CCOC3=O)c2)cc1. The standard InChI is InChI=1S/C19H19N3O3/c20-17-11-16(17)12-4-6-14(7-5-12)21-18(23)13-2-1-3-15(10-13)22-8-9-25-19(22)24/h1-7,10,16-17H,8-9,11,20H2,(H,21,23)/t16-,17+/m1/s1. The van der Waals surface area contributed by atoms with Crippen LogP contribution in [-0.2, 0) is 4.74 Å². The third-order valence-corrected chi connectivity index (χ3v) is 4.62. The minimum atomic E-state index is -0.383. The van der Waals surface area contributed by atoms with E-state index in [2.05, 4.69) is 5.32 Å². The third kappa shape index (κ3) is 3.21. The van der Waals surface area contributed by atoms with Gasteiger partial charge in [0.1, 0.15) is 6.61 Å². The number of ether oxygens (including phenoxy) is 1. The molecule has 1 heterocycles. The Bertz CT molecular complexity index is 819. The molecule has 1 aliphatic heterocycles. The predicted octanol–water partition coefficient (Wildman–Crippen LogP) is 2.71. The zero-order valence-corrected chi connectivity index (χ0v) is 13.6. The second-order valence-electron chi connectivity index (χ2n) is 6.40. The maximum Gasteiger partial charge on any atom is 0.414 e. The van der Waals surface area contributed by atoms with Crippen LogP contribution < -0.4 is 16.0 Å². The zero-order valence-electron chi connectivity index (χ0n) is 13.6. The maximum absolute atomic E-state index is 12.5. The molecule has 3 N–H and O–H groups in total. The molecule has 1 saturated heterocycles. The molecule has 0 unspecified atom stereocenters. The van der Waals surface area contributed by atoms with E-state index in [9.17, 15) is 9.59 Å². The second-order valence-corrected chi connectivity index (χ2v) is 6.40. The van der Waals surface area contributed by atoms with Crippen molar-refractivity contribution in [1.82, 2.24) is 0 Å². The van der Waals surface area contributed by atoms with E-state index in [0.717, 1.165) is 12.1 Å². The molecule has 6 nitrogen and oxygen atoms in total. The van der Waals surface area contributed by atoms with Crippen molar-refractivity contribution in [2.45, 2.75) is 18.4 Å². The number of carbonyl (C=O) groups is 2. The van der Waals surface area contributed by atoms with Gasteiger partial charge >= 0.3 is 6.09 Å². The first-order chi connectivity index (χ1) is 12.1. The van der Waals surface area contributed by atoms with E-state index in [-0.39, 0.29) is 18.0 Å². The molecule has 0 spiro atoms. The molecule has 1 saturated carbocycles. The Kier molecular flexibility index (Phi) is 3.89. The van der Waals surface area contributed by atoms with E-state index >= 15 is 0 Å². The van der Waals surface area contributed by atoms with Gasteiger partial charge in [-0.2, -0.15) is 0 Å². The van der Waals surface area contributed by atoms with Crippen molar-refractivity contribution >= 4 is 23.4 Å². The molecule has 2 fully saturated rings. The third-order valence-electron chi connectivity index (χ3n) is 4.62. The number of amides is 2. The quantitative estimate of drug-likeness (QED) is 0.898. The number of rotatable bonds is 4. The van der Waals surface area contributed by atoms with Crippen LogP contribution in [0.5, 0.6) is 0 Å². The minimum absolute atomic E-state index is 0.217. The molecular weight excluding hydrogens is 318 g/mol. The predicted molar refractivity (Wildman–Crippen MR) is 94.9 cm³/mol. The number of carbonyl (C=O) groups excluding carboxylic acids is 2. The summed E-state index contributed by atoms with van der Waals surface area (Å²) in [5, 5.41) is 2.88. The van der Waals surface area contributed by atoms with E-state index in [1.807, 2.05) is 24.3 Å². The lowest BCUT2D eigenvalue weighted by Crippen LogP contribution is -2.23. The maximum atomic E-state index is 12.5. The van der Waals surface area contributed by atoms with Crippen molar-refractivity contribution in [3.63, 3.8) is 0 Å². The van der Waals surface area contributed by atoms with Gasteiger partial charge in [0.05, 0.1) is 6.54 Å². The van der Waals surface area contributed by atoms with Crippen LogP contribution in [-0.4, -0.2) is 31.2 Å². The molecule has 4 rings (SSSR count). The monoisotopic (exact) mass is 337 g/mol. The smallest absolute Gasteiger partial charge is 0.414 e. The molecule has 1 aliphatic carbocycles. The highest BCUT2D eigenvalue weighted by atomic mass is 16.6. The van der Waals surface area contributed by atoms with Gasteiger partial charge in [0, 0.05) is 28.9 Å². The fourth-order valence-electron chi connectivity index (χ4n) is 3.06. The number of hydrogen-bond acceptors (Lipinski definition) is 4. The molecule has 0 radical (unpaired) electrons. The summed E-state index contributed by atoms with van der Waals surface area (Å²) >= 11 is 0. The summed E-state index contributed by atoms with van der Waals surface area (Å²) < 4.78 is 4.94. The van der Waals surface area contributed by atoms with Crippen LogP contribution in [0, 0.1) is 0 Å². The van der Waals surface area contributed by atoms with Gasteiger partial charge in [-0.05, 0) is 42.3 Å². The molecule has 2 atom stereocenters. The van der Waals surface area contributed by atoms with Crippen LogP contribution in [0.2, 0.25) is 0 Å². The van der Waals surface area contributed by atoms with E-state index < -0.39 is 0 Å². The number of benzene rings is 2. The van der Waals surface area contributed by atoms with Crippen LogP contribution in [0.25, 0.3) is 0 Å². The van der Waals surface area contributed by atoms with Crippen molar-refractivity contribution in [2.75, 3.05) is 23.4 Å². The topological polar surface area (TPSA) is 84.7 Å². The molecule has 0 bridgehead atoms. The largest absolute Gasteiger partial charge is 0.447 e. The lowest BCUT2D eigenvalue weighted by molar-refractivity contribution is 0.102. The van der Waals surface area contributed by atoms with E-state index in [4.69, 9.17) is 10.5 Å². The molecular formula is C19H19N3O3. The molecule has 2 aromatic rings. The normalized spacial score (nSPS) is 21.8. The van der Waals surface area contributed by atoms with E-state index in [1.165, 1.54) is 10.5 Å². The first kappa shape index (κ1) is 15.7. The van der Waals surface area contributed by atoms with Crippen molar-refractivity contribution in [1.29, 1.82) is 0 Å². The number of nitrogens with zero attached hydrogens (tertiary/aromatic N) is 1. The fourth-order valence-corrected chi connectivity index (χ4v) is 3.06. The van der Waals surface area contributed by atoms with Crippen LogP contribution in [0.1, 0.15) is 28.3 Å². The first-order valence-electron chi connectivity index (χ1n) is 8.33. The molecule has 6 heteroatoms. The number of nitrogens with two attached hydrogens (primary N) is 1. The Morgan fingerprint density at radius 1 is 1.20 bits per heavy atom. The number of nitrogens with one attached hydrogen (secondary N) is 1. The van der Waals surface area contributed by atoms with Crippen LogP contribution in [0.4, 0.5) is 16.2 Å². The van der Waals surface area contributed by atoms with Gasteiger partial charge in [-0.15, -0.1) is 0 Å². The van der Waals surface area contributed by atoms with Gasteiger partial charge < -0.3 is 15.8 Å². The van der Waals surface area contributed by atoms with Crippen LogP contribution >= 0.6 is 0 Å². The summed E-state index contributed by atoms with van der Waals surface area (Å²) in [5.74, 6) is 0.229. The van der Waals surface area contributed by atoms with Gasteiger partial charge in [0.15, 0.2) is 0 Å². The van der Waals surface area contributed by atoms with Crippen LogP contribution in [0.3, 0.4) is 0 Å². The molecule has 128 valence electrons. The van der Waals surface area contributed by atoms with Crippen molar-refractivity contribution in [2.24, 2.45) is 5.73 Å². The number of anilines is 2. The highest BCUT2D eigenvalue weighted by Gasteiger charge is 2.34. The van der Waals surface area contributed by atoms with Gasteiger partial charge in [-0.3, -0.25) is 9.69 Å². The lowest BCUT2D eigenvalue weighted by Gasteiger charge is -2.14. The first-order valence-corrected chi connectivity index (χ1v) is 8.33. The molecule has 2 aliphatic rings. The fraction of sp³-hybridized carbons (Fsp3) is 0.263. The average molecular weight is 337 g/mol. The second kappa shape index (κ2) is 6.22. The Morgan fingerprint density at radius 2 is 1.96 bits per heavy atom. The van der Waals surface area contributed by atoms with Crippen molar-refractivity contribution in [3.05, 3.63) is 59.7 Å². The summed E-state index contributed by atoms with van der Waals surface area (Å²) in [7, 11) is 0. The minimum Gasteiger partial charge on any atom is -0.447 e. The number of cyclic esters (lactones) is 1. The molecule has 25 heavy (non-hydrogen) atoms. The summed E-state index contributed by atoms with van der Waals surface area (Å²) in [6, 6.07) is 15.0. The number of hydrogen-bond donors (Lipinski definition) is 2. The summed E-state index contributed by atoms with van der Waals surface area (Å²) in [6.45, 7) is 0.862. The zero-order chi connectivity index (χ0) is 17.4. The van der Waals surface area contributed by atoms with Gasteiger partial charge in [-0.25, -0.2) is 4.79 Å². The molecule has 2 aromatic carbocycles. The molecule has 2 amide bonds. The highest BCUT2D eigenvalue weighted by Crippen LogP contribution is 2.39. The summed E-state index contributed by atoms with van der Waals surface area (Å²) in [5.41, 5.74) is 8.95.